The molecule has 0 aliphatic carbocycles. The van der Waals surface area contributed by atoms with Crippen molar-refractivity contribution in [1.29, 1.82) is 5.41 Å². The van der Waals surface area contributed by atoms with Crippen molar-refractivity contribution in [2.24, 2.45) is 5.92 Å². The lowest BCUT2D eigenvalue weighted by atomic mass is 10.1. The van der Waals surface area contributed by atoms with Crippen molar-refractivity contribution in [1.82, 2.24) is 0 Å². The van der Waals surface area contributed by atoms with E-state index in [4.69, 9.17) is 5.41 Å². The van der Waals surface area contributed by atoms with Gasteiger partial charge in [-0.25, -0.2) is 8.78 Å². The Morgan fingerprint density at radius 1 is 1.50 bits per heavy atom. The van der Waals surface area contributed by atoms with Crippen molar-refractivity contribution >= 4 is 17.8 Å². The molecule has 3 nitrogen and oxygen atoms in total. The summed E-state index contributed by atoms with van der Waals surface area (Å²) in [6.07, 6.45) is 1.45. The van der Waals surface area contributed by atoms with Gasteiger partial charge in [-0.1, -0.05) is 6.92 Å². The van der Waals surface area contributed by atoms with Crippen molar-refractivity contribution in [3.8, 4) is 0 Å². The summed E-state index contributed by atoms with van der Waals surface area (Å²) in [5, 5.41) is 9.30. The molecule has 0 unspecified atom stereocenters. The van der Waals surface area contributed by atoms with E-state index < -0.39 is 11.6 Å². The second kappa shape index (κ2) is 5.34. The van der Waals surface area contributed by atoms with E-state index in [1.54, 1.807) is 6.92 Å². The molecule has 0 aromatic heterocycles. The standard InChI is InChI=1S/C11H12F2N2O/c1-7(4-5-14)11(16)15-8-2-3-9(12)10(13)6-8/h2-3,5-7,14H,4H2,1H3,(H,15,16)/t7-/m0/s1. The summed E-state index contributed by atoms with van der Waals surface area (Å²) in [4.78, 5) is 11.5. The lowest BCUT2D eigenvalue weighted by Gasteiger charge is -2.09. The Morgan fingerprint density at radius 3 is 2.75 bits per heavy atom. The number of hydrogen-bond donors (Lipinski definition) is 2. The fourth-order valence-corrected chi connectivity index (χ4v) is 1.12. The Kier molecular flexibility index (Phi) is 4.10. The molecule has 0 spiro atoms. The lowest BCUT2D eigenvalue weighted by molar-refractivity contribution is -0.119. The van der Waals surface area contributed by atoms with E-state index in [9.17, 15) is 13.6 Å². The summed E-state index contributed by atoms with van der Waals surface area (Å²) in [7, 11) is 0. The topological polar surface area (TPSA) is 53.0 Å². The van der Waals surface area contributed by atoms with Crippen LogP contribution in [0.15, 0.2) is 18.2 Å². The summed E-state index contributed by atoms with van der Waals surface area (Å²) < 4.78 is 25.4. The molecule has 0 bridgehead atoms. The monoisotopic (exact) mass is 226 g/mol. The van der Waals surface area contributed by atoms with Crippen LogP contribution < -0.4 is 5.32 Å². The van der Waals surface area contributed by atoms with Crippen LogP contribution in [0.4, 0.5) is 14.5 Å². The van der Waals surface area contributed by atoms with E-state index in [0.717, 1.165) is 18.3 Å². The molecule has 1 atom stereocenters. The first kappa shape index (κ1) is 12.3. The Bertz CT molecular complexity index is 407. The average Bonchev–Trinajstić information content (AvgIpc) is 2.24. The second-order valence-electron chi connectivity index (χ2n) is 3.46. The van der Waals surface area contributed by atoms with Gasteiger partial charge in [-0.2, -0.15) is 0 Å². The molecule has 2 N–H and O–H groups in total. The molecule has 0 saturated carbocycles. The highest BCUT2D eigenvalue weighted by molar-refractivity contribution is 5.93. The van der Waals surface area contributed by atoms with Gasteiger partial charge in [0.15, 0.2) is 11.6 Å². The third-order valence-corrected chi connectivity index (χ3v) is 2.11. The number of hydrogen-bond acceptors (Lipinski definition) is 2. The maximum absolute atomic E-state index is 12.8. The maximum atomic E-state index is 12.8. The maximum Gasteiger partial charge on any atom is 0.227 e. The van der Waals surface area contributed by atoms with Gasteiger partial charge in [0.1, 0.15) is 0 Å². The van der Waals surface area contributed by atoms with Crippen LogP contribution in [0.1, 0.15) is 13.3 Å². The van der Waals surface area contributed by atoms with Gasteiger partial charge in [0.05, 0.1) is 0 Å². The summed E-state index contributed by atoms with van der Waals surface area (Å²) in [6, 6.07) is 3.16. The zero-order chi connectivity index (χ0) is 12.1. The zero-order valence-electron chi connectivity index (χ0n) is 8.76. The number of benzene rings is 1. The summed E-state index contributed by atoms with van der Waals surface area (Å²) in [5.41, 5.74) is 0.209. The Morgan fingerprint density at radius 2 is 2.19 bits per heavy atom. The molecule has 0 saturated heterocycles. The summed E-state index contributed by atoms with van der Waals surface area (Å²) in [6.45, 7) is 1.65. The third-order valence-electron chi connectivity index (χ3n) is 2.11. The minimum Gasteiger partial charge on any atom is -0.326 e. The smallest absolute Gasteiger partial charge is 0.227 e. The molecule has 0 heterocycles. The molecule has 5 heteroatoms. The molecular formula is C11H12F2N2O. The molecule has 1 aromatic rings. The van der Waals surface area contributed by atoms with Crippen molar-refractivity contribution in [3.05, 3.63) is 29.8 Å². The summed E-state index contributed by atoms with van der Waals surface area (Å²) in [5.74, 6) is -2.65. The summed E-state index contributed by atoms with van der Waals surface area (Å²) >= 11 is 0. The average molecular weight is 226 g/mol. The minimum absolute atomic E-state index is 0.209. The van der Waals surface area contributed by atoms with Crippen molar-refractivity contribution in [2.45, 2.75) is 13.3 Å². The van der Waals surface area contributed by atoms with Gasteiger partial charge in [-0.05, 0) is 24.8 Å². The first-order valence-corrected chi connectivity index (χ1v) is 4.79. The number of rotatable bonds is 4. The van der Waals surface area contributed by atoms with Crippen molar-refractivity contribution in [3.63, 3.8) is 0 Å². The van der Waals surface area contributed by atoms with Gasteiger partial charge >= 0.3 is 0 Å². The van der Waals surface area contributed by atoms with Gasteiger partial charge in [-0.15, -0.1) is 0 Å². The molecule has 1 rings (SSSR count). The van der Waals surface area contributed by atoms with Gasteiger partial charge in [0.2, 0.25) is 5.91 Å². The Labute approximate surface area is 92.0 Å². The number of nitrogens with one attached hydrogen (secondary N) is 2. The van der Waals surface area contributed by atoms with E-state index >= 15 is 0 Å². The first-order chi connectivity index (χ1) is 7.54. The Balaban J connectivity index is 2.69. The fourth-order valence-electron chi connectivity index (χ4n) is 1.12. The van der Waals surface area contributed by atoms with Gasteiger partial charge < -0.3 is 10.7 Å². The predicted octanol–water partition coefficient (Wildman–Crippen LogP) is 2.58. The SMILES string of the molecule is C[C@@H](CC=N)C(=O)Nc1ccc(F)c(F)c1. The molecule has 0 fully saturated rings. The van der Waals surface area contributed by atoms with Gasteiger partial charge in [-0.3, -0.25) is 4.79 Å². The van der Waals surface area contributed by atoms with Gasteiger partial charge in [0, 0.05) is 17.7 Å². The molecule has 0 aliphatic heterocycles. The molecule has 0 radical (unpaired) electrons. The molecule has 1 amide bonds. The lowest BCUT2D eigenvalue weighted by Crippen LogP contribution is -2.20. The highest BCUT2D eigenvalue weighted by atomic mass is 19.2. The Hall–Kier alpha value is -1.78. The second-order valence-corrected chi connectivity index (χ2v) is 3.46. The van der Waals surface area contributed by atoms with Crippen LogP contribution in [0.2, 0.25) is 0 Å². The number of anilines is 1. The number of halogens is 2. The van der Waals surface area contributed by atoms with Crippen LogP contribution in [0.5, 0.6) is 0 Å². The van der Waals surface area contributed by atoms with Crippen LogP contribution >= 0.6 is 0 Å². The highest BCUT2D eigenvalue weighted by Gasteiger charge is 2.12. The number of carbonyl (C=O) groups excluding carboxylic acids is 1. The molecule has 0 aliphatic rings. The highest BCUT2D eigenvalue weighted by Crippen LogP contribution is 2.14. The number of carbonyl (C=O) groups is 1. The first-order valence-electron chi connectivity index (χ1n) is 4.79. The van der Waals surface area contributed by atoms with E-state index in [0.29, 0.717) is 6.42 Å². The van der Waals surface area contributed by atoms with Gasteiger partial charge in [0.25, 0.3) is 0 Å². The van der Waals surface area contributed by atoms with E-state index in [2.05, 4.69) is 5.32 Å². The largest absolute Gasteiger partial charge is 0.326 e. The minimum atomic E-state index is -1.00. The van der Waals surface area contributed by atoms with Crippen molar-refractivity contribution in [2.75, 3.05) is 5.32 Å². The number of amides is 1. The fraction of sp³-hybridized carbons (Fsp3) is 0.273. The van der Waals surface area contributed by atoms with Crippen LogP contribution in [0, 0.1) is 23.0 Å². The molecule has 16 heavy (non-hydrogen) atoms. The molecular weight excluding hydrogens is 214 g/mol. The zero-order valence-corrected chi connectivity index (χ0v) is 8.76. The predicted molar refractivity (Wildman–Crippen MR) is 57.6 cm³/mol. The van der Waals surface area contributed by atoms with Crippen molar-refractivity contribution < 1.29 is 13.6 Å². The van der Waals surface area contributed by atoms with E-state index in [1.807, 2.05) is 0 Å². The van der Waals surface area contributed by atoms with E-state index in [-0.39, 0.29) is 17.5 Å². The van der Waals surface area contributed by atoms with Crippen LogP contribution in [-0.2, 0) is 4.79 Å². The van der Waals surface area contributed by atoms with Crippen LogP contribution in [-0.4, -0.2) is 12.1 Å². The quantitative estimate of drug-likeness (QED) is 0.762. The molecule has 86 valence electrons. The van der Waals surface area contributed by atoms with Crippen LogP contribution in [0.25, 0.3) is 0 Å². The third kappa shape index (κ3) is 3.12. The van der Waals surface area contributed by atoms with E-state index in [1.165, 1.54) is 6.07 Å². The normalized spacial score (nSPS) is 11.9. The molecule has 1 aromatic carbocycles. The van der Waals surface area contributed by atoms with Crippen LogP contribution in [0.3, 0.4) is 0 Å².